The van der Waals surface area contributed by atoms with Gasteiger partial charge in [-0.2, -0.15) is 0 Å². The van der Waals surface area contributed by atoms with Crippen molar-refractivity contribution in [2.45, 2.75) is 32.5 Å². The van der Waals surface area contributed by atoms with Crippen molar-refractivity contribution in [3.05, 3.63) is 29.8 Å². The first-order chi connectivity index (χ1) is 10.1. The Morgan fingerprint density at radius 2 is 1.95 bits per heavy atom. The highest BCUT2D eigenvalue weighted by Crippen LogP contribution is 2.14. The van der Waals surface area contributed by atoms with Gasteiger partial charge in [-0.15, -0.1) is 6.42 Å². The molecule has 116 valence electrons. The lowest BCUT2D eigenvalue weighted by Gasteiger charge is -2.28. The Balaban J connectivity index is 2.54. The smallest absolute Gasteiger partial charge is 0.118 e. The molecule has 0 aliphatic rings. The quantitative estimate of drug-likeness (QED) is 0.557. The summed E-state index contributed by atoms with van der Waals surface area (Å²) >= 11 is 0. The van der Waals surface area contributed by atoms with Crippen molar-refractivity contribution in [1.29, 1.82) is 0 Å². The number of methoxy groups -OCH3 is 1. The van der Waals surface area contributed by atoms with Crippen molar-refractivity contribution in [2.75, 3.05) is 26.9 Å². The van der Waals surface area contributed by atoms with E-state index in [4.69, 9.17) is 15.9 Å². The highest BCUT2D eigenvalue weighted by Gasteiger charge is 2.15. The van der Waals surface area contributed by atoms with E-state index in [1.807, 2.05) is 24.3 Å². The maximum atomic E-state index is 10.0. The Morgan fingerprint density at radius 3 is 2.48 bits per heavy atom. The van der Waals surface area contributed by atoms with Crippen molar-refractivity contribution in [1.82, 2.24) is 4.90 Å². The van der Waals surface area contributed by atoms with Gasteiger partial charge in [0, 0.05) is 19.1 Å². The zero-order chi connectivity index (χ0) is 15.7. The minimum Gasteiger partial charge on any atom is -0.497 e. The molecule has 1 atom stereocenters. The first-order valence-electron chi connectivity index (χ1n) is 7.13. The molecule has 4 heteroatoms. The summed E-state index contributed by atoms with van der Waals surface area (Å²) in [4.78, 5) is 2.20. The maximum absolute atomic E-state index is 10.0. The maximum Gasteiger partial charge on any atom is 0.118 e. The third-order valence-corrected chi connectivity index (χ3v) is 3.22. The fourth-order valence-corrected chi connectivity index (χ4v) is 2.00. The van der Waals surface area contributed by atoms with Crippen LogP contribution in [0.15, 0.2) is 24.3 Å². The zero-order valence-electron chi connectivity index (χ0n) is 13.1. The second-order valence-electron chi connectivity index (χ2n) is 5.24. The lowest BCUT2D eigenvalue weighted by atomic mass is 10.1. The summed E-state index contributed by atoms with van der Waals surface area (Å²) in [6.45, 7) is 6.03. The Morgan fingerprint density at radius 1 is 1.29 bits per heavy atom. The van der Waals surface area contributed by atoms with Crippen molar-refractivity contribution >= 4 is 0 Å². The molecule has 0 spiro atoms. The van der Waals surface area contributed by atoms with Gasteiger partial charge in [0.15, 0.2) is 0 Å². The van der Waals surface area contributed by atoms with Gasteiger partial charge < -0.3 is 14.6 Å². The standard InChI is InChI=1S/C17H25NO3/c1-5-10-21-13-16(19)12-18(14(2)3)11-15-6-8-17(20-4)9-7-15/h1,6-9,14,16,19H,10-13H2,2-4H3. The van der Waals surface area contributed by atoms with Crippen LogP contribution in [0, 0.1) is 12.3 Å². The fraction of sp³-hybridized carbons (Fsp3) is 0.529. The summed E-state index contributed by atoms with van der Waals surface area (Å²) in [6.07, 6.45) is 4.57. The second-order valence-corrected chi connectivity index (χ2v) is 5.24. The number of benzene rings is 1. The third kappa shape index (κ3) is 6.63. The molecular formula is C17H25NO3. The van der Waals surface area contributed by atoms with Gasteiger partial charge in [-0.05, 0) is 31.5 Å². The van der Waals surface area contributed by atoms with E-state index in [1.54, 1.807) is 7.11 Å². The molecule has 0 bridgehead atoms. The number of nitrogens with zero attached hydrogens (tertiary/aromatic N) is 1. The first-order valence-corrected chi connectivity index (χ1v) is 7.13. The van der Waals surface area contributed by atoms with Crippen LogP contribution in [0.1, 0.15) is 19.4 Å². The van der Waals surface area contributed by atoms with Crippen LogP contribution in [0.4, 0.5) is 0 Å². The summed E-state index contributed by atoms with van der Waals surface area (Å²) < 4.78 is 10.3. The summed E-state index contributed by atoms with van der Waals surface area (Å²) in [5.74, 6) is 3.24. The van der Waals surface area contributed by atoms with Crippen molar-refractivity contribution < 1.29 is 14.6 Å². The summed E-state index contributed by atoms with van der Waals surface area (Å²) in [7, 11) is 1.65. The van der Waals surface area contributed by atoms with Crippen LogP contribution >= 0.6 is 0 Å². The monoisotopic (exact) mass is 291 g/mol. The Bertz CT molecular complexity index is 436. The molecule has 0 saturated carbocycles. The number of rotatable bonds is 9. The average molecular weight is 291 g/mol. The van der Waals surface area contributed by atoms with E-state index in [9.17, 15) is 5.11 Å². The van der Waals surface area contributed by atoms with E-state index in [0.29, 0.717) is 12.6 Å². The van der Waals surface area contributed by atoms with Gasteiger partial charge in [0.25, 0.3) is 0 Å². The van der Waals surface area contributed by atoms with Gasteiger partial charge in [0.2, 0.25) is 0 Å². The lowest BCUT2D eigenvalue weighted by Crippen LogP contribution is -2.38. The van der Waals surface area contributed by atoms with Gasteiger partial charge in [-0.3, -0.25) is 4.90 Å². The second kappa shape index (κ2) is 9.41. The normalized spacial score (nSPS) is 12.4. The van der Waals surface area contributed by atoms with Crippen LogP contribution in [0.25, 0.3) is 0 Å². The molecule has 0 radical (unpaired) electrons. The van der Waals surface area contributed by atoms with Crippen LogP contribution in [0.3, 0.4) is 0 Å². The molecule has 4 nitrogen and oxygen atoms in total. The molecule has 1 rings (SSSR count). The fourth-order valence-electron chi connectivity index (χ4n) is 2.00. The highest BCUT2D eigenvalue weighted by atomic mass is 16.5. The molecule has 0 aliphatic carbocycles. The minimum absolute atomic E-state index is 0.233. The van der Waals surface area contributed by atoms with Crippen LogP contribution in [0.2, 0.25) is 0 Å². The van der Waals surface area contributed by atoms with E-state index in [1.165, 1.54) is 5.56 Å². The van der Waals surface area contributed by atoms with E-state index < -0.39 is 6.10 Å². The van der Waals surface area contributed by atoms with Crippen molar-refractivity contribution in [2.24, 2.45) is 0 Å². The molecule has 0 fully saturated rings. The van der Waals surface area contributed by atoms with Gasteiger partial charge in [0.05, 0.1) is 19.8 Å². The summed E-state index contributed by atoms with van der Waals surface area (Å²) in [5.41, 5.74) is 1.18. The molecule has 21 heavy (non-hydrogen) atoms. The van der Waals surface area contributed by atoms with Crippen LogP contribution in [-0.4, -0.2) is 49.0 Å². The number of hydrogen-bond acceptors (Lipinski definition) is 4. The zero-order valence-corrected chi connectivity index (χ0v) is 13.1. The van der Waals surface area contributed by atoms with Gasteiger partial charge in [-0.1, -0.05) is 18.1 Å². The SMILES string of the molecule is C#CCOCC(O)CN(Cc1ccc(OC)cc1)C(C)C. The van der Waals surface area contributed by atoms with E-state index >= 15 is 0 Å². The predicted octanol–water partition coefficient (Wildman–Crippen LogP) is 1.92. The van der Waals surface area contributed by atoms with Crippen molar-refractivity contribution in [3.63, 3.8) is 0 Å². The van der Waals surface area contributed by atoms with Gasteiger partial charge >= 0.3 is 0 Å². The predicted molar refractivity (Wildman–Crippen MR) is 84.2 cm³/mol. The topological polar surface area (TPSA) is 41.9 Å². The molecule has 0 heterocycles. The number of ether oxygens (including phenoxy) is 2. The number of aliphatic hydroxyl groups excluding tert-OH is 1. The molecule has 1 N–H and O–H groups in total. The Kier molecular flexibility index (Phi) is 7.84. The first kappa shape index (κ1) is 17.5. The van der Waals surface area contributed by atoms with Gasteiger partial charge in [0.1, 0.15) is 12.4 Å². The number of terminal acetylenes is 1. The van der Waals surface area contributed by atoms with E-state index in [-0.39, 0.29) is 13.2 Å². The van der Waals surface area contributed by atoms with Crippen LogP contribution < -0.4 is 4.74 Å². The largest absolute Gasteiger partial charge is 0.497 e. The Labute approximate surface area is 127 Å². The van der Waals surface area contributed by atoms with E-state index in [0.717, 1.165) is 12.3 Å². The van der Waals surface area contributed by atoms with Gasteiger partial charge in [-0.25, -0.2) is 0 Å². The van der Waals surface area contributed by atoms with Crippen LogP contribution in [0.5, 0.6) is 5.75 Å². The Hall–Kier alpha value is -1.54. The summed E-state index contributed by atoms with van der Waals surface area (Å²) in [5, 5.41) is 10.0. The number of hydrogen-bond donors (Lipinski definition) is 1. The average Bonchev–Trinajstić information content (AvgIpc) is 2.47. The molecule has 0 saturated heterocycles. The molecule has 1 aromatic carbocycles. The molecule has 0 aromatic heterocycles. The molecule has 0 aliphatic heterocycles. The van der Waals surface area contributed by atoms with Crippen molar-refractivity contribution in [3.8, 4) is 18.1 Å². The summed E-state index contributed by atoms with van der Waals surface area (Å²) in [6, 6.07) is 8.29. The number of aliphatic hydroxyl groups is 1. The molecule has 0 amide bonds. The van der Waals surface area contributed by atoms with Crippen LogP contribution in [-0.2, 0) is 11.3 Å². The lowest BCUT2D eigenvalue weighted by molar-refractivity contribution is 0.0192. The highest BCUT2D eigenvalue weighted by molar-refractivity contribution is 5.27. The molecule has 1 aromatic rings. The van der Waals surface area contributed by atoms with E-state index in [2.05, 4.69) is 24.7 Å². The third-order valence-electron chi connectivity index (χ3n) is 3.22. The molecular weight excluding hydrogens is 266 g/mol. The molecule has 1 unspecified atom stereocenters. The minimum atomic E-state index is -0.543.